The van der Waals surface area contributed by atoms with Crippen molar-refractivity contribution >= 4 is 23.6 Å². The minimum Gasteiger partial charge on any atom is -0.354 e. The van der Waals surface area contributed by atoms with Crippen molar-refractivity contribution in [3.05, 3.63) is 35.7 Å². The summed E-state index contributed by atoms with van der Waals surface area (Å²) in [6.45, 7) is 3.63. The molecule has 14 heavy (non-hydrogen) atoms. The molecule has 0 atom stereocenters. The first-order chi connectivity index (χ1) is 6.71. The highest BCUT2D eigenvalue weighted by Crippen LogP contribution is 2.09. The summed E-state index contributed by atoms with van der Waals surface area (Å²) in [5.41, 5.74) is 1.87. The molecule has 1 amide bonds. The Labute approximate surface area is 87.8 Å². The number of carbonyl (C=O) groups is 1. The van der Waals surface area contributed by atoms with Crippen molar-refractivity contribution in [1.29, 1.82) is 0 Å². The Hall–Kier alpha value is -1.35. The highest BCUT2D eigenvalue weighted by Gasteiger charge is 2.07. The van der Waals surface area contributed by atoms with Crippen LogP contribution in [0.5, 0.6) is 0 Å². The van der Waals surface area contributed by atoms with Gasteiger partial charge in [-0.25, -0.2) is 4.98 Å². The summed E-state index contributed by atoms with van der Waals surface area (Å²) in [7, 11) is 1.56. The van der Waals surface area contributed by atoms with Gasteiger partial charge in [0.05, 0.1) is 11.6 Å². The highest BCUT2D eigenvalue weighted by molar-refractivity contribution is 6.16. The van der Waals surface area contributed by atoms with Gasteiger partial charge in [0.15, 0.2) is 0 Å². The molecule has 0 aromatic carbocycles. The molecule has 1 heterocycles. The van der Waals surface area contributed by atoms with Crippen LogP contribution in [0.4, 0.5) is 0 Å². The predicted molar refractivity (Wildman–Crippen MR) is 57.3 cm³/mol. The molecule has 0 saturated carbocycles. The molecule has 0 spiro atoms. The number of pyridine rings is 1. The molecule has 0 aliphatic carbocycles. The second-order valence-corrected chi connectivity index (χ2v) is 2.96. The van der Waals surface area contributed by atoms with Crippen LogP contribution in [0.25, 0.3) is 6.08 Å². The minimum absolute atomic E-state index is 0.222. The number of hydrogen-bond acceptors (Lipinski definition) is 2. The molecule has 1 N–H and O–H groups in total. The lowest BCUT2D eigenvalue weighted by Crippen LogP contribution is -2.19. The Morgan fingerprint density at radius 1 is 1.71 bits per heavy atom. The van der Waals surface area contributed by atoms with E-state index in [1.165, 1.54) is 0 Å². The lowest BCUT2D eigenvalue weighted by molar-refractivity contribution is 0.0958. The fraction of sp³-hybridized carbons (Fsp3) is 0.200. The Balaban J connectivity index is 3.16. The first kappa shape index (κ1) is 10.7. The van der Waals surface area contributed by atoms with Crippen LogP contribution >= 0.6 is 11.6 Å². The van der Waals surface area contributed by atoms with E-state index in [4.69, 9.17) is 11.6 Å². The van der Waals surface area contributed by atoms with Crippen molar-refractivity contribution in [2.24, 2.45) is 0 Å². The van der Waals surface area contributed by atoms with Gasteiger partial charge in [0.1, 0.15) is 5.69 Å². The Morgan fingerprint density at radius 3 is 2.93 bits per heavy atom. The van der Waals surface area contributed by atoms with E-state index in [9.17, 15) is 4.79 Å². The van der Waals surface area contributed by atoms with Gasteiger partial charge in [0.25, 0.3) is 5.91 Å². The average molecular weight is 211 g/mol. The van der Waals surface area contributed by atoms with Gasteiger partial charge in [0, 0.05) is 7.05 Å². The maximum atomic E-state index is 11.3. The Bertz CT molecular complexity index is 363. The monoisotopic (exact) mass is 210 g/mol. The summed E-state index contributed by atoms with van der Waals surface area (Å²) in [5.74, 6) is 0.0612. The molecule has 74 valence electrons. The summed E-state index contributed by atoms with van der Waals surface area (Å²) < 4.78 is 0. The second-order valence-electron chi connectivity index (χ2n) is 2.69. The summed E-state index contributed by atoms with van der Waals surface area (Å²) in [6.07, 6.45) is 1.66. The maximum absolute atomic E-state index is 11.3. The molecule has 0 fully saturated rings. The van der Waals surface area contributed by atoms with Crippen molar-refractivity contribution in [1.82, 2.24) is 10.3 Å². The smallest absolute Gasteiger partial charge is 0.269 e. The zero-order valence-corrected chi connectivity index (χ0v) is 8.64. The number of amides is 1. The number of rotatable bonds is 3. The number of aromatic nitrogens is 1. The van der Waals surface area contributed by atoms with E-state index in [1.807, 2.05) is 0 Å². The van der Waals surface area contributed by atoms with Crippen LogP contribution in [0.2, 0.25) is 0 Å². The first-order valence-corrected chi connectivity index (χ1v) is 4.66. The number of carbonyl (C=O) groups excluding carboxylic acids is 1. The van der Waals surface area contributed by atoms with Gasteiger partial charge < -0.3 is 5.32 Å². The van der Waals surface area contributed by atoms with Crippen molar-refractivity contribution in [2.45, 2.75) is 5.88 Å². The molecule has 0 radical (unpaired) electrons. The quantitative estimate of drug-likeness (QED) is 0.774. The summed E-state index contributed by atoms with van der Waals surface area (Å²) in [5, 5.41) is 2.51. The largest absolute Gasteiger partial charge is 0.354 e. The number of alkyl halides is 1. The predicted octanol–water partition coefficient (Wildman–Crippen LogP) is 1.82. The fourth-order valence-electron chi connectivity index (χ4n) is 1.04. The average Bonchev–Trinajstić information content (AvgIpc) is 2.27. The number of nitrogens with one attached hydrogen (secondary N) is 1. The van der Waals surface area contributed by atoms with Crippen LogP contribution in [0.3, 0.4) is 0 Å². The normalized spacial score (nSPS) is 9.57. The van der Waals surface area contributed by atoms with Crippen LogP contribution in [0.1, 0.15) is 21.7 Å². The second kappa shape index (κ2) is 4.77. The third kappa shape index (κ3) is 2.33. The molecule has 1 aromatic rings. The lowest BCUT2D eigenvalue weighted by atomic mass is 10.2. The molecule has 0 bridgehead atoms. The van der Waals surface area contributed by atoms with E-state index >= 15 is 0 Å². The molecule has 0 saturated heterocycles. The minimum atomic E-state index is -0.222. The van der Waals surface area contributed by atoms with E-state index < -0.39 is 0 Å². The van der Waals surface area contributed by atoms with Crippen molar-refractivity contribution in [3.63, 3.8) is 0 Å². The van der Waals surface area contributed by atoms with Crippen LogP contribution in [0, 0.1) is 0 Å². The molecule has 3 nitrogen and oxygen atoms in total. The third-order valence-corrected chi connectivity index (χ3v) is 2.01. The Kier molecular flexibility index (Phi) is 3.65. The molecule has 0 aliphatic rings. The van der Waals surface area contributed by atoms with Crippen LogP contribution in [-0.2, 0) is 5.88 Å². The van der Waals surface area contributed by atoms with E-state index in [2.05, 4.69) is 16.9 Å². The van der Waals surface area contributed by atoms with Crippen LogP contribution < -0.4 is 5.32 Å². The lowest BCUT2D eigenvalue weighted by Gasteiger charge is -2.03. The van der Waals surface area contributed by atoms with E-state index in [-0.39, 0.29) is 11.8 Å². The zero-order chi connectivity index (χ0) is 10.6. The third-order valence-electron chi connectivity index (χ3n) is 1.73. The fourth-order valence-corrected chi connectivity index (χ4v) is 1.18. The molecule has 1 rings (SSSR count). The van der Waals surface area contributed by atoms with E-state index in [0.29, 0.717) is 11.4 Å². The number of halogens is 1. The number of hydrogen-bond donors (Lipinski definition) is 1. The van der Waals surface area contributed by atoms with E-state index in [0.717, 1.165) is 5.56 Å². The van der Waals surface area contributed by atoms with E-state index in [1.54, 1.807) is 25.3 Å². The van der Waals surface area contributed by atoms with Crippen molar-refractivity contribution < 1.29 is 4.79 Å². The van der Waals surface area contributed by atoms with Gasteiger partial charge >= 0.3 is 0 Å². The molecular weight excluding hydrogens is 200 g/mol. The van der Waals surface area contributed by atoms with Gasteiger partial charge in [-0.05, 0) is 17.7 Å². The Morgan fingerprint density at radius 2 is 2.43 bits per heavy atom. The van der Waals surface area contributed by atoms with Crippen LogP contribution in [0.15, 0.2) is 18.7 Å². The summed E-state index contributed by atoms with van der Waals surface area (Å²) >= 11 is 5.65. The molecule has 1 aromatic heterocycles. The molecule has 0 unspecified atom stereocenters. The first-order valence-electron chi connectivity index (χ1n) is 4.12. The molecule has 4 heteroatoms. The van der Waals surface area contributed by atoms with Gasteiger partial charge in [0.2, 0.25) is 0 Å². The van der Waals surface area contributed by atoms with Crippen LogP contribution in [-0.4, -0.2) is 17.9 Å². The van der Waals surface area contributed by atoms with Gasteiger partial charge in [-0.15, -0.1) is 11.6 Å². The summed E-state index contributed by atoms with van der Waals surface area (Å²) in [6, 6.07) is 3.47. The number of nitrogens with zero attached hydrogens (tertiary/aromatic N) is 1. The molecular formula is C10H11ClN2O. The zero-order valence-electron chi connectivity index (χ0n) is 7.88. The van der Waals surface area contributed by atoms with Gasteiger partial charge in [-0.1, -0.05) is 12.7 Å². The van der Waals surface area contributed by atoms with Gasteiger partial charge in [-0.3, -0.25) is 4.79 Å². The highest BCUT2D eigenvalue weighted by atomic mass is 35.5. The topological polar surface area (TPSA) is 42.0 Å². The SMILES string of the molecule is C=Cc1cc(CCl)nc(C(=O)NC)c1. The standard InChI is InChI=1S/C10H11ClN2O/c1-3-7-4-8(6-11)13-9(5-7)10(14)12-2/h3-5H,1,6H2,2H3,(H,12,14). The summed E-state index contributed by atoms with van der Waals surface area (Å²) in [4.78, 5) is 15.4. The van der Waals surface area contributed by atoms with Crippen molar-refractivity contribution in [3.8, 4) is 0 Å². The van der Waals surface area contributed by atoms with Crippen molar-refractivity contribution in [2.75, 3.05) is 7.05 Å². The van der Waals surface area contributed by atoms with Gasteiger partial charge in [-0.2, -0.15) is 0 Å². The molecule has 0 aliphatic heterocycles. The maximum Gasteiger partial charge on any atom is 0.269 e.